The third kappa shape index (κ3) is 3.95. The van der Waals surface area contributed by atoms with Crippen molar-refractivity contribution in [2.24, 2.45) is 11.8 Å². The highest BCUT2D eigenvalue weighted by Gasteiger charge is 2.23. The fraction of sp³-hybridized carbons (Fsp3) is 1.00. The van der Waals surface area contributed by atoms with E-state index in [1.54, 1.807) is 0 Å². The Morgan fingerprint density at radius 2 is 2.21 bits per heavy atom. The summed E-state index contributed by atoms with van der Waals surface area (Å²) in [5, 5.41) is 3.32. The van der Waals surface area contributed by atoms with Gasteiger partial charge in [0.15, 0.2) is 0 Å². The van der Waals surface area contributed by atoms with Gasteiger partial charge in [0, 0.05) is 19.7 Å². The molecule has 0 aromatic rings. The molecule has 0 aliphatic carbocycles. The van der Waals surface area contributed by atoms with Gasteiger partial charge in [-0.2, -0.15) is 0 Å². The second kappa shape index (κ2) is 6.38. The molecule has 0 saturated carbocycles. The minimum atomic E-state index is 0.808. The van der Waals surface area contributed by atoms with Crippen LogP contribution >= 0.6 is 0 Å². The zero-order valence-electron chi connectivity index (χ0n) is 9.75. The lowest BCUT2D eigenvalue weighted by molar-refractivity contribution is 0.108. The fourth-order valence-electron chi connectivity index (χ4n) is 1.81. The number of likely N-dealkylation sites (N-methyl/N-ethyl adjacent to an activating group) is 1. The molecule has 0 bridgehead atoms. The second-order valence-corrected chi connectivity index (χ2v) is 4.35. The maximum atomic E-state index is 5.33. The van der Waals surface area contributed by atoms with Crippen molar-refractivity contribution >= 4 is 0 Å². The molecule has 1 rings (SSSR count). The third-order valence-electron chi connectivity index (χ3n) is 3.04. The molecule has 1 aliphatic rings. The summed E-state index contributed by atoms with van der Waals surface area (Å²) in [5.41, 5.74) is 0. The van der Waals surface area contributed by atoms with Crippen LogP contribution in [0.1, 0.15) is 13.8 Å². The highest BCUT2D eigenvalue weighted by Crippen LogP contribution is 2.16. The average Bonchev–Trinajstić information content (AvgIpc) is 2.00. The summed E-state index contributed by atoms with van der Waals surface area (Å²) in [6.45, 7) is 10.8. The summed E-state index contributed by atoms with van der Waals surface area (Å²) >= 11 is 0. The summed E-state index contributed by atoms with van der Waals surface area (Å²) in [5.74, 6) is 1.70. The smallest absolute Gasteiger partial charge is 0.0593 e. The normalized spacial score (nSPS) is 19.7. The number of nitrogens with zero attached hydrogens (tertiary/aromatic N) is 1. The standard InChI is InChI=1S/C11H24N2O/c1-4-14-6-5-13(3)9-10(2)11-7-12-8-11/h10-12H,4-9H2,1-3H3. The Balaban J connectivity index is 2.03. The van der Waals surface area contributed by atoms with Crippen LogP contribution in [0.5, 0.6) is 0 Å². The predicted molar refractivity (Wildman–Crippen MR) is 59.5 cm³/mol. The number of hydrogen-bond acceptors (Lipinski definition) is 3. The van der Waals surface area contributed by atoms with E-state index in [2.05, 4.69) is 24.2 Å². The van der Waals surface area contributed by atoms with Crippen LogP contribution < -0.4 is 5.32 Å². The van der Waals surface area contributed by atoms with Gasteiger partial charge in [-0.05, 0) is 38.9 Å². The maximum Gasteiger partial charge on any atom is 0.0593 e. The van der Waals surface area contributed by atoms with Crippen molar-refractivity contribution in [1.29, 1.82) is 0 Å². The molecular formula is C11H24N2O. The molecule has 1 fully saturated rings. The quantitative estimate of drug-likeness (QED) is 0.616. The van der Waals surface area contributed by atoms with Gasteiger partial charge in [-0.3, -0.25) is 0 Å². The molecule has 0 aromatic heterocycles. The molecule has 0 aromatic carbocycles. The number of ether oxygens (including phenoxy) is 1. The Labute approximate surface area is 87.8 Å². The molecule has 1 atom stereocenters. The first-order valence-electron chi connectivity index (χ1n) is 5.71. The van der Waals surface area contributed by atoms with Crippen molar-refractivity contribution in [2.75, 3.05) is 46.4 Å². The molecule has 0 radical (unpaired) electrons. The molecular weight excluding hydrogens is 176 g/mol. The van der Waals surface area contributed by atoms with Crippen LogP contribution in [0.25, 0.3) is 0 Å². The van der Waals surface area contributed by atoms with E-state index >= 15 is 0 Å². The molecule has 1 unspecified atom stereocenters. The molecule has 0 spiro atoms. The van der Waals surface area contributed by atoms with E-state index in [1.807, 2.05) is 6.92 Å². The lowest BCUT2D eigenvalue weighted by Gasteiger charge is -2.34. The van der Waals surface area contributed by atoms with Crippen molar-refractivity contribution < 1.29 is 4.74 Å². The summed E-state index contributed by atoms with van der Waals surface area (Å²) in [4.78, 5) is 2.37. The fourth-order valence-corrected chi connectivity index (χ4v) is 1.81. The zero-order valence-corrected chi connectivity index (χ0v) is 9.75. The van der Waals surface area contributed by atoms with Crippen molar-refractivity contribution in [1.82, 2.24) is 10.2 Å². The number of hydrogen-bond donors (Lipinski definition) is 1. The van der Waals surface area contributed by atoms with E-state index in [1.165, 1.54) is 19.6 Å². The predicted octanol–water partition coefficient (Wildman–Crippen LogP) is 0.810. The maximum absolute atomic E-state index is 5.33. The lowest BCUT2D eigenvalue weighted by atomic mass is 9.89. The van der Waals surface area contributed by atoms with Crippen molar-refractivity contribution in [3.8, 4) is 0 Å². The van der Waals surface area contributed by atoms with E-state index < -0.39 is 0 Å². The van der Waals surface area contributed by atoms with Crippen LogP contribution in [0.3, 0.4) is 0 Å². The van der Waals surface area contributed by atoms with Gasteiger partial charge < -0.3 is 15.0 Å². The van der Waals surface area contributed by atoms with E-state index in [4.69, 9.17) is 4.74 Å². The zero-order chi connectivity index (χ0) is 10.4. The van der Waals surface area contributed by atoms with Crippen LogP contribution in [0.2, 0.25) is 0 Å². The molecule has 0 amide bonds. The van der Waals surface area contributed by atoms with Crippen molar-refractivity contribution in [2.45, 2.75) is 13.8 Å². The Kier molecular flexibility index (Phi) is 5.45. The first kappa shape index (κ1) is 12.0. The van der Waals surface area contributed by atoms with E-state index in [0.29, 0.717) is 0 Å². The van der Waals surface area contributed by atoms with Gasteiger partial charge >= 0.3 is 0 Å². The van der Waals surface area contributed by atoms with Crippen LogP contribution in [0.4, 0.5) is 0 Å². The van der Waals surface area contributed by atoms with Crippen molar-refractivity contribution in [3.63, 3.8) is 0 Å². The largest absolute Gasteiger partial charge is 0.380 e. The van der Waals surface area contributed by atoms with Gasteiger partial charge in [0.05, 0.1) is 6.61 Å². The van der Waals surface area contributed by atoms with Gasteiger partial charge in [-0.1, -0.05) is 6.92 Å². The molecule has 1 aliphatic heterocycles. The van der Waals surface area contributed by atoms with Crippen LogP contribution in [-0.4, -0.2) is 51.3 Å². The lowest BCUT2D eigenvalue weighted by Crippen LogP contribution is -2.48. The monoisotopic (exact) mass is 200 g/mol. The Morgan fingerprint density at radius 1 is 1.50 bits per heavy atom. The number of nitrogens with one attached hydrogen (secondary N) is 1. The number of rotatable bonds is 7. The average molecular weight is 200 g/mol. The minimum Gasteiger partial charge on any atom is -0.380 e. The molecule has 1 heterocycles. The van der Waals surface area contributed by atoms with E-state index in [0.717, 1.165) is 31.6 Å². The molecule has 1 N–H and O–H groups in total. The topological polar surface area (TPSA) is 24.5 Å². The molecule has 84 valence electrons. The first-order valence-corrected chi connectivity index (χ1v) is 5.71. The highest BCUT2D eigenvalue weighted by atomic mass is 16.5. The molecule has 1 saturated heterocycles. The van der Waals surface area contributed by atoms with E-state index in [9.17, 15) is 0 Å². The third-order valence-corrected chi connectivity index (χ3v) is 3.04. The Hall–Kier alpha value is -0.120. The van der Waals surface area contributed by atoms with Crippen LogP contribution in [0.15, 0.2) is 0 Å². The Bertz CT molecular complexity index is 148. The van der Waals surface area contributed by atoms with Crippen molar-refractivity contribution in [3.05, 3.63) is 0 Å². The second-order valence-electron chi connectivity index (χ2n) is 4.35. The van der Waals surface area contributed by atoms with Crippen LogP contribution in [-0.2, 0) is 4.74 Å². The van der Waals surface area contributed by atoms with Gasteiger partial charge in [-0.15, -0.1) is 0 Å². The summed E-state index contributed by atoms with van der Waals surface area (Å²) < 4.78 is 5.33. The summed E-state index contributed by atoms with van der Waals surface area (Å²) in [7, 11) is 2.18. The minimum absolute atomic E-state index is 0.808. The molecule has 3 heteroatoms. The van der Waals surface area contributed by atoms with Gasteiger partial charge in [-0.25, -0.2) is 0 Å². The summed E-state index contributed by atoms with van der Waals surface area (Å²) in [6.07, 6.45) is 0. The molecule has 3 nitrogen and oxygen atoms in total. The van der Waals surface area contributed by atoms with E-state index in [-0.39, 0.29) is 0 Å². The van der Waals surface area contributed by atoms with Gasteiger partial charge in [0.1, 0.15) is 0 Å². The highest BCUT2D eigenvalue weighted by molar-refractivity contribution is 4.80. The van der Waals surface area contributed by atoms with Crippen LogP contribution in [0, 0.1) is 11.8 Å². The first-order chi connectivity index (χ1) is 6.74. The Morgan fingerprint density at radius 3 is 2.71 bits per heavy atom. The van der Waals surface area contributed by atoms with Gasteiger partial charge in [0.25, 0.3) is 0 Å². The van der Waals surface area contributed by atoms with Gasteiger partial charge in [0.2, 0.25) is 0 Å². The molecule has 14 heavy (non-hydrogen) atoms. The SMILES string of the molecule is CCOCCN(C)CC(C)C1CNC1. The summed E-state index contributed by atoms with van der Waals surface area (Å²) in [6, 6.07) is 0.